The SMILES string of the molecule is C=CCCC(=O)Nc1nonc1C. The minimum absolute atomic E-state index is 0.112. The summed E-state index contributed by atoms with van der Waals surface area (Å²) in [5, 5.41) is 9.62. The molecular weight excluding hydrogens is 170 g/mol. The number of allylic oxidation sites excluding steroid dienone is 1. The highest BCUT2D eigenvalue weighted by molar-refractivity contribution is 5.90. The van der Waals surface area contributed by atoms with Gasteiger partial charge in [0.25, 0.3) is 0 Å². The Kier molecular flexibility index (Phi) is 3.19. The molecule has 1 amide bonds. The second-order valence-corrected chi connectivity index (χ2v) is 2.57. The Morgan fingerprint density at radius 2 is 2.46 bits per heavy atom. The fourth-order valence-corrected chi connectivity index (χ4v) is 0.773. The Bertz CT molecular complexity index is 306. The Morgan fingerprint density at radius 3 is 3.00 bits per heavy atom. The fourth-order valence-electron chi connectivity index (χ4n) is 0.773. The van der Waals surface area contributed by atoms with Crippen molar-refractivity contribution in [3.63, 3.8) is 0 Å². The first-order valence-electron chi connectivity index (χ1n) is 3.94. The van der Waals surface area contributed by atoms with Gasteiger partial charge in [0.15, 0.2) is 5.82 Å². The molecule has 0 bridgehead atoms. The lowest BCUT2D eigenvalue weighted by Crippen LogP contribution is -2.11. The van der Waals surface area contributed by atoms with Crippen molar-refractivity contribution in [2.45, 2.75) is 19.8 Å². The van der Waals surface area contributed by atoms with Gasteiger partial charge in [-0.05, 0) is 18.5 Å². The van der Waals surface area contributed by atoms with Gasteiger partial charge in [-0.3, -0.25) is 4.79 Å². The molecule has 0 unspecified atom stereocenters. The summed E-state index contributed by atoms with van der Waals surface area (Å²) in [7, 11) is 0. The summed E-state index contributed by atoms with van der Waals surface area (Å²) in [4.78, 5) is 11.2. The van der Waals surface area contributed by atoms with Gasteiger partial charge in [0.1, 0.15) is 5.69 Å². The summed E-state index contributed by atoms with van der Waals surface area (Å²) in [5.74, 6) is 0.271. The molecule has 0 aliphatic carbocycles. The van der Waals surface area contributed by atoms with E-state index < -0.39 is 0 Å². The van der Waals surface area contributed by atoms with Gasteiger partial charge in [-0.1, -0.05) is 11.2 Å². The van der Waals surface area contributed by atoms with Crippen LogP contribution in [0.2, 0.25) is 0 Å². The summed E-state index contributed by atoms with van der Waals surface area (Å²) in [6.07, 6.45) is 2.74. The predicted molar refractivity (Wildman–Crippen MR) is 47.1 cm³/mol. The zero-order chi connectivity index (χ0) is 9.68. The highest BCUT2D eigenvalue weighted by Crippen LogP contribution is 2.07. The first-order valence-corrected chi connectivity index (χ1v) is 3.94. The molecule has 5 heteroatoms. The lowest BCUT2D eigenvalue weighted by atomic mass is 10.3. The van der Waals surface area contributed by atoms with E-state index in [0.29, 0.717) is 24.4 Å². The summed E-state index contributed by atoms with van der Waals surface area (Å²) in [6, 6.07) is 0. The number of anilines is 1. The minimum Gasteiger partial charge on any atom is -0.306 e. The third-order valence-electron chi connectivity index (χ3n) is 1.49. The standard InChI is InChI=1S/C8H11N3O2/c1-3-4-5-7(12)9-8-6(2)10-13-11-8/h3H,1,4-5H2,2H3,(H,9,11,12). The quantitative estimate of drug-likeness (QED) is 0.710. The second kappa shape index (κ2) is 4.39. The Morgan fingerprint density at radius 1 is 1.69 bits per heavy atom. The maximum Gasteiger partial charge on any atom is 0.225 e. The molecule has 0 fully saturated rings. The van der Waals surface area contributed by atoms with Crippen LogP contribution in [0, 0.1) is 6.92 Å². The molecule has 0 radical (unpaired) electrons. The van der Waals surface area contributed by atoms with Crippen LogP contribution in [-0.2, 0) is 4.79 Å². The maximum atomic E-state index is 11.2. The number of hydrogen-bond donors (Lipinski definition) is 1. The van der Waals surface area contributed by atoms with Crippen molar-refractivity contribution >= 4 is 11.7 Å². The number of nitrogens with zero attached hydrogens (tertiary/aromatic N) is 2. The number of carbonyl (C=O) groups excluding carboxylic acids is 1. The van der Waals surface area contributed by atoms with Gasteiger partial charge in [-0.2, -0.15) is 0 Å². The van der Waals surface area contributed by atoms with Crippen molar-refractivity contribution in [3.8, 4) is 0 Å². The van der Waals surface area contributed by atoms with E-state index in [-0.39, 0.29) is 5.91 Å². The summed E-state index contributed by atoms with van der Waals surface area (Å²) in [6.45, 7) is 5.23. The minimum atomic E-state index is -0.112. The van der Waals surface area contributed by atoms with Crippen LogP contribution >= 0.6 is 0 Å². The van der Waals surface area contributed by atoms with Crippen molar-refractivity contribution < 1.29 is 9.42 Å². The second-order valence-electron chi connectivity index (χ2n) is 2.57. The first-order chi connectivity index (χ1) is 6.24. The van der Waals surface area contributed by atoms with E-state index in [1.807, 2.05) is 0 Å². The molecule has 5 nitrogen and oxygen atoms in total. The summed E-state index contributed by atoms with van der Waals surface area (Å²) < 4.78 is 4.42. The zero-order valence-corrected chi connectivity index (χ0v) is 7.41. The smallest absolute Gasteiger partial charge is 0.225 e. The molecule has 1 aromatic rings. The van der Waals surface area contributed by atoms with Crippen molar-refractivity contribution in [3.05, 3.63) is 18.3 Å². The van der Waals surface area contributed by atoms with Crippen molar-refractivity contribution in [2.75, 3.05) is 5.32 Å². The van der Waals surface area contributed by atoms with Gasteiger partial charge >= 0.3 is 0 Å². The van der Waals surface area contributed by atoms with Crippen LogP contribution in [0.3, 0.4) is 0 Å². The number of hydrogen-bond acceptors (Lipinski definition) is 4. The zero-order valence-electron chi connectivity index (χ0n) is 7.41. The van der Waals surface area contributed by atoms with Gasteiger partial charge in [0.2, 0.25) is 5.91 Å². The fraction of sp³-hybridized carbons (Fsp3) is 0.375. The molecule has 0 aromatic carbocycles. The molecule has 1 heterocycles. The summed E-state index contributed by atoms with van der Waals surface area (Å²) >= 11 is 0. The average molecular weight is 181 g/mol. The van der Waals surface area contributed by atoms with Gasteiger partial charge < -0.3 is 5.32 Å². The topological polar surface area (TPSA) is 68.0 Å². The molecule has 70 valence electrons. The molecule has 0 atom stereocenters. The number of carbonyl (C=O) groups is 1. The molecule has 0 spiro atoms. The molecule has 0 aliphatic rings. The van der Waals surface area contributed by atoms with E-state index in [4.69, 9.17) is 0 Å². The van der Waals surface area contributed by atoms with Crippen molar-refractivity contribution in [2.24, 2.45) is 0 Å². The van der Waals surface area contributed by atoms with E-state index in [2.05, 4.69) is 26.8 Å². The number of aryl methyl sites for hydroxylation is 1. The maximum absolute atomic E-state index is 11.2. The van der Waals surface area contributed by atoms with Crippen LogP contribution in [0.1, 0.15) is 18.5 Å². The Balaban J connectivity index is 2.45. The third kappa shape index (κ3) is 2.70. The molecular formula is C8H11N3O2. The van der Waals surface area contributed by atoms with Crippen LogP contribution < -0.4 is 5.32 Å². The lowest BCUT2D eigenvalue weighted by molar-refractivity contribution is -0.116. The van der Waals surface area contributed by atoms with E-state index >= 15 is 0 Å². The van der Waals surface area contributed by atoms with Crippen LogP contribution in [0.25, 0.3) is 0 Å². The highest BCUT2D eigenvalue weighted by atomic mass is 16.6. The summed E-state index contributed by atoms with van der Waals surface area (Å²) in [5.41, 5.74) is 0.576. The number of nitrogens with one attached hydrogen (secondary N) is 1. The monoisotopic (exact) mass is 181 g/mol. The largest absolute Gasteiger partial charge is 0.306 e. The lowest BCUT2D eigenvalue weighted by Gasteiger charge is -1.98. The molecule has 1 N–H and O–H groups in total. The molecule has 13 heavy (non-hydrogen) atoms. The van der Waals surface area contributed by atoms with Crippen molar-refractivity contribution in [1.29, 1.82) is 0 Å². The van der Waals surface area contributed by atoms with Gasteiger partial charge in [0, 0.05) is 6.42 Å². The molecule has 0 saturated carbocycles. The Labute approximate surface area is 75.8 Å². The third-order valence-corrected chi connectivity index (χ3v) is 1.49. The molecule has 1 rings (SSSR count). The van der Waals surface area contributed by atoms with Crippen molar-refractivity contribution in [1.82, 2.24) is 10.3 Å². The number of aromatic nitrogens is 2. The van der Waals surface area contributed by atoms with E-state index in [1.54, 1.807) is 13.0 Å². The van der Waals surface area contributed by atoms with E-state index in [0.717, 1.165) is 0 Å². The highest BCUT2D eigenvalue weighted by Gasteiger charge is 2.07. The van der Waals surface area contributed by atoms with Crippen LogP contribution in [0.5, 0.6) is 0 Å². The van der Waals surface area contributed by atoms with Gasteiger partial charge in [-0.15, -0.1) is 6.58 Å². The van der Waals surface area contributed by atoms with Crippen LogP contribution in [0.15, 0.2) is 17.3 Å². The molecule has 0 saturated heterocycles. The molecule has 1 aromatic heterocycles. The average Bonchev–Trinajstić information content (AvgIpc) is 2.48. The molecule has 0 aliphatic heterocycles. The normalized spacial score (nSPS) is 9.62. The van der Waals surface area contributed by atoms with E-state index in [1.165, 1.54) is 0 Å². The van der Waals surface area contributed by atoms with Crippen LogP contribution in [-0.4, -0.2) is 16.2 Å². The number of amides is 1. The number of rotatable bonds is 4. The first kappa shape index (κ1) is 9.44. The van der Waals surface area contributed by atoms with Gasteiger partial charge in [0.05, 0.1) is 0 Å². The predicted octanol–water partition coefficient (Wildman–Crippen LogP) is 1.28. The Hall–Kier alpha value is -1.65. The van der Waals surface area contributed by atoms with E-state index in [9.17, 15) is 4.79 Å². The van der Waals surface area contributed by atoms with Crippen LogP contribution in [0.4, 0.5) is 5.82 Å². The van der Waals surface area contributed by atoms with Gasteiger partial charge in [-0.25, -0.2) is 4.63 Å².